The molecule has 0 N–H and O–H groups in total. The second kappa shape index (κ2) is 17.9. The standard InChI is InChI=1S/C25H17.C13H21.C3H6.2ClH.Zr/c1-3-7-18(8-4-1)20-11-13-24-22(15-20)17-23-16-21(12-14-25(23)24)19-9-5-2-6-10-19;1-5-6-7-11-8-9-12(10-11)13(2,3)4;1-3-2;;;/h1-15H,17H2;8-10H,5-7H2,1-4H3;1-2H3;2*1H;/q2*-1;;;;+2/p-2. The smallest absolute Gasteiger partial charge is 0.0181 e. The molecule has 6 rings (SSSR count). The zero-order chi connectivity index (χ0) is 30.1. The van der Waals surface area contributed by atoms with Crippen molar-refractivity contribution in [2.75, 3.05) is 0 Å². The van der Waals surface area contributed by atoms with Gasteiger partial charge in [0.05, 0.1) is 0 Å². The Morgan fingerprint density at radius 2 is 1.36 bits per heavy atom. The normalized spacial score (nSPS) is 10.9. The minimum Gasteiger partial charge on any atom is -1.00 e. The van der Waals surface area contributed by atoms with Crippen LogP contribution in [0, 0.1) is 6.07 Å². The third-order valence-corrected chi connectivity index (χ3v) is 7.48. The third kappa shape index (κ3) is 10.6. The van der Waals surface area contributed by atoms with Crippen molar-refractivity contribution in [1.82, 2.24) is 0 Å². The van der Waals surface area contributed by atoms with Crippen molar-refractivity contribution in [2.45, 2.75) is 72.6 Å². The van der Waals surface area contributed by atoms with Gasteiger partial charge in [-0.3, -0.25) is 0 Å². The number of aryl methyl sites for hydroxylation is 1. The Labute approximate surface area is 293 Å². The summed E-state index contributed by atoms with van der Waals surface area (Å²) in [7, 11) is 0. The summed E-state index contributed by atoms with van der Waals surface area (Å²) < 4.78 is 1.51. The Morgan fingerprint density at radius 3 is 1.93 bits per heavy atom. The molecular weight excluding hydrogens is 655 g/mol. The molecule has 0 unspecified atom stereocenters. The molecule has 5 aromatic carbocycles. The van der Waals surface area contributed by atoms with Crippen LogP contribution in [0.3, 0.4) is 0 Å². The molecule has 0 radical (unpaired) electrons. The fourth-order valence-electron chi connectivity index (χ4n) is 5.22. The summed E-state index contributed by atoms with van der Waals surface area (Å²) in [5.74, 6) is 0. The molecule has 228 valence electrons. The summed E-state index contributed by atoms with van der Waals surface area (Å²) in [6.45, 7) is 13.3. The van der Waals surface area contributed by atoms with E-state index >= 15 is 0 Å². The molecule has 0 aromatic heterocycles. The van der Waals surface area contributed by atoms with E-state index in [1.165, 1.54) is 78.1 Å². The minimum atomic E-state index is 0. The van der Waals surface area contributed by atoms with Gasteiger partial charge in [-0.25, -0.2) is 6.07 Å². The molecule has 1 aliphatic rings. The SMILES string of the molecule is CCCCc1cc(C(C)(C)C)c[cH-]1.C[C](C)=[Zr+2].[Cl-].[Cl-].[c-]1c(-c2ccccc2)ccc2c1Cc1cc(-c3ccccc3)ccc1-2. The van der Waals surface area contributed by atoms with Crippen LogP contribution in [0.4, 0.5) is 0 Å². The van der Waals surface area contributed by atoms with E-state index < -0.39 is 0 Å². The molecule has 0 aliphatic heterocycles. The first-order chi connectivity index (χ1) is 20.2. The number of unbranched alkanes of at least 4 members (excludes halogenated alkanes) is 1. The molecule has 3 heteroatoms. The van der Waals surface area contributed by atoms with Crippen molar-refractivity contribution in [3.05, 3.63) is 138 Å². The molecule has 0 spiro atoms. The van der Waals surface area contributed by atoms with Crippen LogP contribution in [0.2, 0.25) is 0 Å². The van der Waals surface area contributed by atoms with Gasteiger partial charge in [-0.15, -0.1) is 29.3 Å². The van der Waals surface area contributed by atoms with Crippen molar-refractivity contribution in [3.63, 3.8) is 0 Å². The van der Waals surface area contributed by atoms with E-state index in [1.54, 1.807) is 24.2 Å². The summed E-state index contributed by atoms with van der Waals surface area (Å²) in [5, 5.41) is 0. The molecule has 0 bridgehead atoms. The van der Waals surface area contributed by atoms with Crippen molar-refractivity contribution in [1.29, 1.82) is 0 Å². The maximum Gasteiger partial charge on any atom is -0.0181 e. The van der Waals surface area contributed by atoms with Crippen LogP contribution in [0.15, 0.2) is 109 Å². The first kappa shape index (κ1) is 37.7. The van der Waals surface area contributed by atoms with Crippen LogP contribution in [0.1, 0.15) is 76.6 Å². The maximum absolute atomic E-state index is 3.65. The first-order valence-electron chi connectivity index (χ1n) is 15.2. The summed E-state index contributed by atoms with van der Waals surface area (Å²) in [6, 6.07) is 42.9. The molecular formula is C41H44Cl2Zr-2. The van der Waals surface area contributed by atoms with Crippen LogP contribution < -0.4 is 24.8 Å². The van der Waals surface area contributed by atoms with Gasteiger partial charge in [0.15, 0.2) is 0 Å². The topological polar surface area (TPSA) is 0 Å². The van der Waals surface area contributed by atoms with Crippen LogP contribution in [-0.2, 0) is 42.5 Å². The Bertz CT molecular complexity index is 1500. The van der Waals surface area contributed by atoms with Gasteiger partial charge in [-0.1, -0.05) is 148 Å². The van der Waals surface area contributed by atoms with Crippen LogP contribution in [0.25, 0.3) is 33.4 Å². The fraction of sp³-hybridized carbons (Fsp3) is 0.268. The number of hydrogen-bond donors (Lipinski definition) is 0. The van der Waals surface area contributed by atoms with Gasteiger partial charge in [0.1, 0.15) is 0 Å². The predicted octanol–water partition coefficient (Wildman–Crippen LogP) is 5.19. The van der Waals surface area contributed by atoms with Crippen molar-refractivity contribution in [2.24, 2.45) is 0 Å². The van der Waals surface area contributed by atoms with Crippen LogP contribution >= 0.6 is 0 Å². The Balaban J connectivity index is 0.000000303. The monoisotopic (exact) mass is 696 g/mol. The fourth-order valence-corrected chi connectivity index (χ4v) is 5.22. The summed E-state index contributed by atoms with van der Waals surface area (Å²) in [4.78, 5) is 0. The third-order valence-electron chi connectivity index (χ3n) is 7.48. The Morgan fingerprint density at radius 1 is 0.773 bits per heavy atom. The minimum absolute atomic E-state index is 0. The maximum atomic E-state index is 3.65. The summed E-state index contributed by atoms with van der Waals surface area (Å²) in [5.41, 5.74) is 13.6. The van der Waals surface area contributed by atoms with E-state index in [2.05, 4.69) is 157 Å². The van der Waals surface area contributed by atoms with Gasteiger partial charge in [-0.2, -0.15) is 23.3 Å². The van der Waals surface area contributed by atoms with Gasteiger partial charge in [0.25, 0.3) is 0 Å². The van der Waals surface area contributed by atoms with Gasteiger partial charge < -0.3 is 24.8 Å². The Hall–Kier alpha value is -2.44. The second-order valence-electron chi connectivity index (χ2n) is 12.4. The van der Waals surface area contributed by atoms with E-state index in [1.807, 2.05) is 0 Å². The largest absolute Gasteiger partial charge is 1.00 e. The second-order valence-corrected chi connectivity index (χ2v) is 14.9. The Kier molecular flexibility index (Phi) is 15.4. The average Bonchev–Trinajstić information content (AvgIpc) is 3.61. The van der Waals surface area contributed by atoms with E-state index in [9.17, 15) is 0 Å². The van der Waals surface area contributed by atoms with Crippen molar-refractivity contribution < 1.29 is 49.0 Å². The summed E-state index contributed by atoms with van der Waals surface area (Å²) >= 11 is 1.55. The van der Waals surface area contributed by atoms with Gasteiger partial charge in [0.2, 0.25) is 0 Å². The first-order valence-corrected chi connectivity index (χ1v) is 16.5. The number of hydrogen-bond acceptors (Lipinski definition) is 0. The quantitative estimate of drug-likeness (QED) is 0.218. The molecule has 0 atom stereocenters. The molecule has 44 heavy (non-hydrogen) atoms. The van der Waals surface area contributed by atoms with Crippen LogP contribution in [-0.4, -0.2) is 3.21 Å². The van der Waals surface area contributed by atoms with Crippen molar-refractivity contribution >= 4 is 3.21 Å². The molecule has 0 heterocycles. The zero-order valence-corrected chi connectivity index (χ0v) is 30.9. The molecule has 0 saturated carbocycles. The number of halogens is 2. The molecule has 0 nitrogen and oxygen atoms in total. The summed E-state index contributed by atoms with van der Waals surface area (Å²) in [6.07, 6.45) is 4.81. The van der Waals surface area contributed by atoms with Gasteiger partial charge in [0, 0.05) is 0 Å². The molecule has 0 fully saturated rings. The number of fused-ring (bicyclic) bond motifs is 3. The predicted molar refractivity (Wildman–Crippen MR) is 180 cm³/mol. The molecule has 5 aromatic rings. The van der Waals surface area contributed by atoms with E-state index in [0.29, 0.717) is 5.41 Å². The zero-order valence-electron chi connectivity index (χ0n) is 27.0. The van der Waals surface area contributed by atoms with E-state index in [-0.39, 0.29) is 24.8 Å². The van der Waals surface area contributed by atoms with Crippen molar-refractivity contribution in [3.8, 4) is 33.4 Å². The van der Waals surface area contributed by atoms with Gasteiger partial charge in [-0.05, 0) is 23.1 Å². The molecule has 1 aliphatic carbocycles. The number of benzene rings is 4. The van der Waals surface area contributed by atoms with Gasteiger partial charge >= 0.3 is 41.3 Å². The van der Waals surface area contributed by atoms with Crippen LogP contribution in [0.5, 0.6) is 0 Å². The average molecular weight is 699 g/mol. The number of rotatable bonds is 5. The van der Waals surface area contributed by atoms with E-state index in [0.717, 1.165) is 6.42 Å². The molecule has 0 saturated heterocycles. The molecule has 0 amide bonds. The van der Waals surface area contributed by atoms with E-state index in [4.69, 9.17) is 0 Å².